The number of hydrogen-bond donors (Lipinski definition) is 4. The van der Waals surface area contributed by atoms with Crippen LogP contribution in [0.4, 0.5) is 17.5 Å². The van der Waals surface area contributed by atoms with Gasteiger partial charge in [-0.2, -0.15) is 9.97 Å². The number of carbonyl (C=O) groups is 1. The normalized spacial score (nSPS) is 14.3. The third-order valence-corrected chi connectivity index (χ3v) is 4.13. The Bertz CT molecular complexity index is 937. The monoisotopic (exact) mass is 368 g/mol. The maximum absolute atomic E-state index is 12.6. The highest BCUT2D eigenvalue weighted by Gasteiger charge is 2.22. The Kier molecular flexibility index (Phi) is 4.81. The molecular formula is C17H20N8O2. The Hall–Kier alpha value is -3.24. The number of carbonyl (C=O) groups excluding carboxylic acids is 1. The van der Waals surface area contributed by atoms with Gasteiger partial charge in [-0.05, 0) is 12.1 Å². The zero-order valence-electron chi connectivity index (χ0n) is 14.8. The van der Waals surface area contributed by atoms with E-state index in [-0.39, 0.29) is 11.7 Å². The third kappa shape index (κ3) is 3.66. The van der Waals surface area contributed by atoms with Crippen LogP contribution in [0.25, 0.3) is 11.2 Å². The minimum atomic E-state index is -0.338. The minimum absolute atomic E-state index is 0.180. The van der Waals surface area contributed by atoms with E-state index in [1.165, 1.54) is 0 Å². The summed E-state index contributed by atoms with van der Waals surface area (Å²) in [4.78, 5) is 31.0. The predicted octanol–water partition coefficient (Wildman–Crippen LogP) is 0.988. The molecule has 0 bridgehead atoms. The summed E-state index contributed by atoms with van der Waals surface area (Å²) < 4.78 is 5.42. The molecule has 0 aliphatic carbocycles. The van der Waals surface area contributed by atoms with Crippen LogP contribution in [0.1, 0.15) is 10.6 Å². The Labute approximate surface area is 155 Å². The number of fused-ring (bicyclic) bond motifs is 1. The van der Waals surface area contributed by atoms with E-state index in [1.807, 2.05) is 30.3 Å². The van der Waals surface area contributed by atoms with Crippen molar-refractivity contribution >= 4 is 34.5 Å². The second-order valence-corrected chi connectivity index (χ2v) is 5.95. The number of para-hydroxylation sites is 1. The summed E-state index contributed by atoms with van der Waals surface area (Å²) in [6, 6.07) is 9.22. The molecule has 1 saturated heterocycles. The Morgan fingerprint density at radius 3 is 2.67 bits per heavy atom. The van der Waals surface area contributed by atoms with Gasteiger partial charge < -0.3 is 19.9 Å². The SMILES string of the molecule is CNNc1nc(N2CCOCC2)c2[nH]c(C(=O)Nc3ccccc3)nc2n1. The number of hydrogen-bond acceptors (Lipinski definition) is 8. The van der Waals surface area contributed by atoms with Crippen molar-refractivity contribution in [3.63, 3.8) is 0 Å². The zero-order valence-corrected chi connectivity index (χ0v) is 14.8. The molecule has 140 valence electrons. The second-order valence-electron chi connectivity index (χ2n) is 5.95. The number of anilines is 3. The van der Waals surface area contributed by atoms with Crippen molar-refractivity contribution < 1.29 is 9.53 Å². The van der Waals surface area contributed by atoms with Crippen LogP contribution in [0.3, 0.4) is 0 Å². The van der Waals surface area contributed by atoms with E-state index in [0.717, 1.165) is 0 Å². The standard InChI is InChI=1S/C17H20N8O2/c1-18-24-17-22-13-12(15(23-17)25-7-9-27-10-8-25)20-14(21-13)16(26)19-11-5-3-2-4-6-11/h2-6,18H,7-10H2,1H3,(H,19,26)(H2,20,21,22,23,24). The van der Waals surface area contributed by atoms with Crippen LogP contribution < -0.4 is 21.1 Å². The summed E-state index contributed by atoms with van der Waals surface area (Å²) in [6.07, 6.45) is 0. The maximum atomic E-state index is 12.6. The Morgan fingerprint density at radius 2 is 1.93 bits per heavy atom. The van der Waals surface area contributed by atoms with Crippen LogP contribution >= 0.6 is 0 Å². The van der Waals surface area contributed by atoms with Crippen molar-refractivity contribution in [3.05, 3.63) is 36.2 Å². The van der Waals surface area contributed by atoms with Crippen molar-refractivity contribution in [2.24, 2.45) is 0 Å². The summed E-state index contributed by atoms with van der Waals surface area (Å²) >= 11 is 0. The van der Waals surface area contributed by atoms with E-state index in [1.54, 1.807) is 7.05 Å². The molecule has 1 fully saturated rings. The number of nitrogens with one attached hydrogen (secondary N) is 4. The molecule has 0 saturated carbocycles. The van der Waals surface area contributed by atoms with Gasteiger partial charge in [0.25, 0.3) is 5.91 Å². The lowest BCUT2D eigenvalue weighted by Gasteiger charge is -2.28. The lowest BCUT2D eigenvalue weighted by atomic mass is 10.3. The fraction of sp³-hybridized carbons (Fsp3) is 0.294. The predicted molar refractivity (Wildman–Crippen MR) is 102 cm³/mol. The highest BCUT2D eigenvalue weighted by Crippen LogP contribution is 2.24. The first-order valence-corrected chi connectivity index (χ1v) is 8.64. The first-order valence-electron chi connectivity index (χ1n) is 8.64. The molecule has 0 atom stereocenters. The molecule has 2 aromatic heterocycles. The van der Waals surface area contributed by atoms with Gasteiger partial charge in [-0.25, -0.2) is 10.4 Å². The van der Waals surface area contributed by atoms with Crippen LogP contribution in [0.2, 0.25) is 0 Å². The summed E-state index contributed by atoms with van der Waals surface area (Å²) in [7, 11) is 1.73. The van der Waals surface area contributed by atoms with Gasteiger partial charge in [-0.3, -0.25) is 10.2 Å². The number of benzene rings is 1. The Morgan fingerprint density at radius 1 is 1.15 bits per heavy atom. The number of imidazole rings is 1. The topological polar surface area (TPSA) is 120 Å². The summed E-state index contributed by atoms with van der Waals surface area (Å²) in [5.41, 5.74) is 7.41. The van der Waals surface area contributed by atoms with Gasteiger partial charge in [-0.15, -0.1) is 0 Å². The van der Waals surface area contributed by atoms with E-state index >= 15 is 0 Å². The number of morpholine rings is 1. The molecule has 1 aliphatic rings. The molecule has 4 N–H and O–H groups in total. The highest BCUT2D eigenvalue weighted by molar-refractivity contribution is 6.04. The lowest BCUT2D eigenvalue weighted by Crippen LogP contribution is -2.37. The molecule has 4 rings (SSSR count). The molecule has 1 aromatic carbocycles. The van der Waals surface area contributed by atoms with E-state index < -0.39 is 0 Å². The van der Waals surface area contributed by atoms with Gasteiger partial charge in [-0.1, -0.05) is 18.2 Å². The minimum Gasteiger partial charge on any atom is -0.378 e. The van der Waals surface area contributed by atoms with Crippen molar-refractivity contribution in [2.45, 2.75) is 0 Å². The number of ether oxygens (including phenoxy) is 1. The van der Waals surface area contributed by atoms with Crippen molar-refractivity contribution in [3.8, 4) is 0 Å². The third-order valence-electron chi connectivity index (χ3n) is 4.13. The lowest BCUT2D eigenvalue weighted by molar-refractivity contribution is 0.101. The Balaban J connectivity index is 1.70. The fourth-order valence-corrected chi connectivity index (χ4v) is 2.87. The molecular weight excluding hydrogens is 348 g/mol. The number of amides is 1. The maximum Gasteiger partial charge on any atom is 0.291 e. The van der Waals surface area contributed by atoms with E-state index in [4.69, 9.17) is 4.74 Å². The number of aromatic amines is 1. The van der Waals surface area contributed by atoms with Crippen molar-refractivity contribution in [1.29, 1.82) is 0 Å². The van der Waals surface area contributed by atoms with Crippen LogP contribution in [0.15, 0.2) is 30.3 Å². The molecule has 0 spiro atoms. The summed E-state index contributed by atoms with van der Waals surface area (Å²) in [5.74, 6) is 0.912. The van der Waals surface area contributed by atoms with E-state index in [2.05, 4.69) is 41.0 Å². The van der Waals surface area contributed by atoms with Gasteiger partial charge in [0, 0.05) is 25.8 Å². The molecule has 0 unspecified atom stereocenters. The largest absolute Gasteiger partial charge is 0.378 e. The van der Waals surface area contributed by atoms with Crippen LogP contribution in [0.5, 0.6) is 0 Å². The number of rotatable bonds is 5. The zero-order chi connectivity index (χ0) is 18.6. The van der Waals surface area contributed by atoms with E-state index in [9.17, 15) is 4.79 Å². The number of nitrogens with zero attached hydrogens (tertiary/aromatic N) is 4. The van der Waals surface area contributed by atoms with Crippen LogP contribution in [0, 0.1) is 0 Å². The van der Waals surface area contributed by atoms with Gasteiger partial charge in [0.05, 0.1) is 13.2 Å². The van der Waals surface area contributed by atoms with Gasteiger partial charge in [0.1, 0.15) is 5.52 Å². The number of H-pyrrole nitrogens is 1. The smallest absolute Gasteiger partial charge is 0.291 e. The molecule has 0 radical (unpaired) electrons. The average molecular weight is 368 g/mol. The van der Waals surface area contributed by atoms with Gasteiger partial charge >= 0.3 is 0 Å². The molecule has 3 aromatic rings. The first kappa shape index (κ1) is 17.2. The summed E-state index contributed by atoms with van der Waals surface area (Å²) in [6.45, 7) is 2.65. The molecule has 1 amide bonds. The first-order chi connectivity index (χ1) is 13.2. The molecule has 3 heterocycles. The van der Waals surface area contributed by atoms with Crippen LogP contribution in [-0.2, 0) is 4.74 Å². The average Bonchev–Trinajstić information content (AvgIpc) is 3.13. The van der Waals surface area contributed by atoms with Crippen LogP contribution in [-0.4, -0.2) is 59.2 Å². The van der Waals surface area contributed by atoms with Gasteiger partial charge in [0.15, 0.2) is 17.3 Å². The van der Waals surface area contributed by atoms with Crippen molar-refractivity contribution in [2.75, 3.05) is 49.0 Å². The molecule has 27 heavy (non-hydrogen) atoms. The van der Waals surface area contributed by atoms with E-state index in [0.29, 0.717) is 54.9 Å². The number of aromatic nitrogens is 4. The molecule has 10 heteroatoms. The summed E-state index contributed by atoms with van der Waals surface area (Å²) in [5, 5.41) is 2.82. The second kappa shape index (κ2) is 7.56. The quantitative estimate of drug-likeness (QED) is 0.492. The molecule has 1 aliphatic heterocycles. The van der Waals surface area contributed by atoms with Crippen molar-refractivity contribution in [1.82, 2.24) is 25.4 Å². The number of hydrazine groups is 1. The van der Waals surface area contributed by atoms with Gasteiger partial charge in [0.2, 0.25) is 5.95 Å². The molecule has 10 nitrogen and oxygen atoms in total. The fourth-order valence-electron chi connectivity index (χ4n) is 2.87. The highest BCUT2D eigenvalue weighted by atomic mass is 16.5.